The highest BCUT2D eigenvalue weighted by atomic mass is 16.7. The third kappa shape index (κ3) is 6.84. The molecule has 0 saturated carbocycles. The summed E-state index contributed by atoms with van der Waals surface area (Å²) in [5.41, 5.74) is 4.97. The van der Waals surface area contributed by atoms with Crippen molar-refractivity contribution in [1.29, 1.82) is 0 Å². The number of piperazine rings is 1. The van der Waals surface area contributed by atoms with Crippen molar-refractivity contribution in [3.05, 3.63) is 179 Å². The zero-order chi connectivity index (χ0) is 45.9. The van der Waals surface area contributed by atoms with Gasteiger partial charge in [0.2, 0.25) is 18.6 Å². The van der Waals surface area contributed by atoms with Crippen LogP contribution in [-0.4, -0.2) is 91.6 Å². The Morgan fingerprint density at radius 1 is 0.765 bits per heavy atom. The number of esters is 1. The van der Waals surface area contributed by atoms with Gasteiger partial charge in [0.25, 0.3) is 0 Å². The standard InChI is InChI=1S/C54H45N7O7/c62-39-21-19-38(20-22-39)50-54(40-30-34(17-23-41(40)55-53(54)65)10-9-25-60-43-16-8-7-15-42(43)56-57-60)46(51(63)59-28-26-58(27-29-59)32-35-18-24-44-45(31-35)67-33-66-44)48-52(64)68-49(37-13-5-2-6-14-37)47(61(48)50)36-11-3-1-4-12-36/h1-8,11-24,30-31,46-50,62H,25-29,32-33H2,(H,55,65)/t46-,47-,48-,49+,50+,54-/m1/s1. The maximum Gasteiger partial charge on any atom is 0.324 e. The van der Waals surface area contributed by atoms with Gasteiger partial charge in [-0.05, 0) is 82.4 Å². The van der Waals surface area contributed by atoms with Gasteiger partial charge in [-0.3, -0.25) is 24.2 Å². The Hall–Kier alpha value is -7.99. The van der Waals surface area contributed by atoms with E-state index in [-0.39, 0.29) is 25.0 Å². The molecule has 5 aliphatic heterocycles. The van der Waals surface area contributed by atoms with E-state index in [1.54, 1.807) is 28.9 Å². The van der Waals surface area contributed by atoms with Gasteiger partial charge >= 0.3 is 5.97 Å². The Morgan fingerprint density at radius 2 is 1.50 bits per heavy atom. The summed E-state index contributed by atoms with van der Waals surface area (Å²) in [6.07, 6.45) is -0.804. The lowest BCUT2D eigenvalue weighted by atomic mass is 9.65. The third-order valence-electron chi connectivity index (χ3n) is 14.2. The van der Waals surface area contributed by atoms with Crippen LogP contribution in [-0.2, 0) is 37.6 Å². The van der Waals surface area contributed by atoms with E-state index in [1.807, 2.05) is 126 Å². The molecule has 2 N–H and O–H groups in total. The summed E-state index contributed by atoms with van der Waals surface area (Å²) in [5, 5.41) is 22.5. The lowest BCUT2D eigenvalue weighted by Gasteiger charge is -2.46. The number of benzene rings is 6. The van der Waals surface area contributed by atoms with Crippen LogP contribution in [0.4, 0.5) is 5.69 Å². The molecular weight excluding hydrogens is 859 g/mol. The molecule has 0 aliphatic carbocycles. The number of phenolic OH excluding ortho intramolecular Hbond substituents is 1. The van der Waals surface area contributed by atoms with E-state index in [0.29, 0.717) is 60.9 Å². The number of carbonyl (C=O) groups excluding carboxylic acids is 3. The summed E-state index contributed by atoms with van der Waals surface area (Å²) in [4.78, 5) is 53.2. The molecule has 0 bridgehead atoms. The number of nitrogens with one attached hydrogen (secondary N) is 1. The number of hydrogen-bond acceptors (Lipinski definition) is 11. The van der Waals surface area contributed by atoms with Crippen molar-refractivity contribution in [3.63, 3.8) is 0 Å². The quantitative estimate of drug-likeness (QED) is 0.133. The number of morpholine rings is 1. The number of carbonyl (C=O) groups is 3. The molecule has 0 radical (unpaired) electrons. The van der Waals surface area contributed by atoms with Crippen LogP contribution in [0.2, 0.25) is 0 Å². The highest BCUT2D eigenvalue weighted by Crippen LogP contribution is 2.65. The predicted molar refractivity (Wildman–Crippen MR) is 250 cm³/mol. The van der Waals surface area contributed by atoms with E-state index >= 15 is 14.4 Å². The SMILES string of the molecule is O=C1O[C@@H](c2ccccc2)[C@@H](c2ccccc2)N2[C@@H](c3ccc(O)cc3)[C@]3(C(=O)Nc4ccc(C#CCn5nnc6ccccc65)cc43)[C@@H](C(=O)N3CCN(Cc4ccc5c(c4)OCO5)CC3)[C@H]12. The maximum atomic E-state index is 16.0. The monoisotopic (exact) mass is 903 g/mol. The first-order valence-corrected chi connectivity index (χ1v) is 22.8. The molecular formula is C54H45N7O7. The van der Waals surface area contributed by atoms with Gasteiger partial charge in [-0.2, -0.15) is 0 Å². The van der Waals surface area contributed by atoms with Crippen molar-refractivity contribution >= 4 is 34.5 Å². The van der Waals surface area contributed by atoms with Crippen molar-refractivity contribution in [2.45, 2.75) is 42.7 Å². The first-order valence-electron chi connectivity index (χ1n) is 22.8. The molecule has 338 valence electrons. The van der Waals surface area contributed by atoms with Gasteiger partial charge in [-0.1, -0.05) is 108 Å². The number of phenols is 1. The van der Waals surface area contributed by atoms with E-state index in [9.17, 15) is 5.11 Å². The van der Waals surface area contributed by atoms with E-state index in [0.717, 1.165) is 33.5 Å². The second-order valence-electron chi connectivity index (χ2n) is 17.9. The van der Waals surface area contributed by atoms with Gasteiger partial charge in [-0.15, -0.1) is 5.10 Å². The number of nitrogens with zero attached hydrogens (tertiary/aromatic N) is 6. The Labute approximate surface area is 391 Å². The van der Waals surface area contributed by atoms with Crippen LogP contribution in [0.15, 0.2) is 146 Å². The van der Waals surface area contributed by atoms with Gasteiger partial charge in [0, 0.05) is 44.0 Å². The summed E-state index contributed by atoms with van der Waals surface area (Å²) in [5.74, 6) is 5.47. The van der Waals surface area contributed by atoms with E-state index in [1.165, 1.54) is 0 Å². The summed E-state index contributed by atoms with van der Waals surface area (Å²) in [7, 11) is 0. The average molecular weight is 904 g/mol. The van der Waals surface area contributed by atoms with E-state index in [4.69, 9.17) is 14.2 Å². The molecule has 0 unspecified atom stereocenters. The minimum atomic E-state index is -1.69. The van der Waals surface area contributed by atoms with Crippen LogP contribution < -0.4 is 14.8 Å². The van der Waals surface area contributed by atoms with Gasteiger partial charge < -0.3 is 29.5 Å². The Bertz CT molecular complexity index is 3160. The largest absolute Gasteiger partial charge is 0.508 e. The van der Waals surface area contributed by atoms with Crippen molar-refractivity contribution in [2.24, 2.45) is 5.92 Å². The number of para-hydroxylation sites is 1. The van der Waals surface area contributed by atoms with Crippen molar-refractivity contribution < 1.29 is 33.7 Å². The molecule has 6 heterocycles. The van der Waals surface area contributed by atoms with Crippen LogP contribution in [0.1, 0.15) is 51.6 Å². The fourth-order valence-corrected chi connectivity index (χ4v) is 11.2. The number of hydrogen-bond donors (Lipinski definition) is 2. The van der Waals surface area contributed by atoms with Gasteiger partial charge in [0.1, 0.15) is 35.4 Å². The molecule has 68 heavy (non-hydrogen) atoms. The number of ether oxygens (including phenoxy) is 3. The summed E-state index contributed by atoms with van der Waals surface area (Å²) in [6, 6.07) is 42.6. The minimum absolute atomic E-state index is 0.0393. The number of amides is 2. The zero-order valence-corrected chi connectivity index (χ0v) is 36.8. The summed E-state index contributed by atoms with van der Waals surface area (Å²) in [6.45, 7) is 2.96. The first kappa shape index (κ1) is 41.4. The summed E-state index contributed by atoms with van der Waals surface area (Å²) < 4.78 is 19.5. The second kappa shape index (κ2) is 16.7. The minimum Gasteiger partial charge on any atom is -0.508 e. The van der Waals surface area contributed by atoms with Crippen molar-refractivity contribution in [3.8, 4) is 29.1 Å². The Morgan fingerprint density at radius 3 is 2.29 bits per heavy atom. The van der Waals surface area contributed by atoms with Crippen LogP contribution in [0, 0.1) is 17.8 Å². The molecule has 12 rings (SSSR count). The fraction of sp³-hybridized carbons (Fsp3) is 0.241. The van der Waals surface area contributed by atoms with Crippen LogP contribution in [0.25, 0.3) is 11.0 Å². The lowest BCUT2D eigenvalue weighted by Crippen LogP contribution is -2.58. The van der Waals surface area contributed by atoms with Gasteiger partial charge in [-0.25, -0.2) is 4.68 Å². The van der Waals surface area contributed by atoms with E-state index in [2.05, 4.69) is 37.3 Å². The number of cyclic esters (lactones) is 1. The topological polar surface area (TPSA) is 152 Å². The second-order valence-corrected chi connectivity index (χ2v) is 17.9. The van der Waals surface area contributed by atoms with Crippen LogP contribution in [0.3, 0.4) is 0 Å². The molecule has 2 amide bonds. The number of fused-ring (bicyclic) bond motifs is 5. The molecule has 14 heteroatoms. The smallest absolute Gasteiger partial charge is 0.324 e. The molecule has 5 aliphatic rings. The highest BCUT2D eigenvalue weighted by Gasteiger charge is 2.74. The fourth-order valence-electron chi connectivity index (χ4n) is 11.2. The molecule has 6 aromatic carbocycles. The number of aromatic hydroxyl groups is 1. The normalized spacial score (nSPS) is 24.0. The van der Waals surface area contributed by atoms with Crippen LogP contribution in [0.5, 0.6) is 17.2 Å². The Balaban J connectivity index is 0.996. The maximum absolute atomic E-state index is 16.0. The van der Waals surface area contributed by atoms with Crippen molar-refractivity contribution in [2.75, 3.05) is 38.3 Å². The van der Waals surface area contributed by atoms with Gasteiger partial charge in [0.05, 0.1) is 23.5 Å². The average Bonchev–Trinajstić information content (AvgIpc) is 4.16. The van der Waals surface area contributed by atoms with Crippen molar-refractivity contribution in [1.82, 2.24) is 29.7 Å². The van der Waals surface area contributed by atoms with Gasteiger partial charge in [0.15, 0.2) is 11.5 Å². The zero-order valence-electron chi connectivity index (χ0n) is 36.8. The molecule has 7 aromatic rings. The molecule has 3 fully saturated rings. The number of rotatable bonds is 7. The highest BCUT2D eigenvalue weighted by molar-refractivity contribution is 6.12. The Kier molecular flexibility index (Phi) is 10.2. The molecule has 1 spiro atoms. The van der Waals surface area contributed by atoms with E-state index < -0.39 is 47.4 Å². The predicted octanol–water partition coefficient (Wildman–Crippen LogP) is 6.53. The molecule has 6 atom stereocenters. The van der Waals surface area contributed by atoms with Crippen LogP contribution >= 0.6 is 0 Å². The summed E-state index contributed by atoms with van der Waals surface area (Å²) >= 11 is 0. The number of anilines is 1. The first-order chi connectivity index (χ1) is 33.3. The molecule has 14 nitrogen and oxygen atoms in total. The third-order valence-corrected chi connectivity index (χ3v) is 14.2. The molecule has 1 aromatic heterocycles. The molecule has 3 saturated heterocycles. The number of aromatic nitrogens is 3. The lowest BCUT2D eigenvalue weighted by molar-refractivity contribution is -0.179.